The number of H-pyrrole nitrogens is 1. The van der Waals surface area contributed by atoms with Crippen LogP contribution in [0.4, 0.5) is 4.79 Å². The van der Waals surface area contributed by atoms with Crippen molar-refractivity contribution in [3.05, 3.63) is 71.4 Å². The monoisotopic (exact) mass is 610 g/mol. The van der Waals surface area contributed by atoms with Gasteiger partial charge in [0.25, 0.3) is 0 Å². The summed E-state index contributed by atoms with van der Waals surface area (Å²) in [5, 5.41) is 10.6. The van der Waals surface area contributed by atoms with Gasteiger partial charge < -0.3 is 30.7 Å². The van der Waals surface area contributed by atoms with E-state index in [1.807, 2.05) is 29.3 Å². The van der Waals surface area contributed by atoms with Crippen LogP contribution in [-0.2, 0) is 21.4 Å². The molecule has 9 heteroatoms. The Labute approximate surface area is 265 Å². The minimum Gasteiger partial charge on any atom is -0.361 e. The molecule has 1 aromatic heterocycles. The second-order valence-electron chi connectivity index (χ2n) is 13.6. The number of rotatable bonds is 6. The van der Waals surface area contributed by atoms with Gasteiger partial charge in [-0.3, -0.25) is 9.59 Å². The molecule has 9 nitrogen and oxygen atoms in total. The van der Waals surface area contributed by atoms with Crippen molar-refractivity contribution in [1.29, 1.82) is 0 Å². The normalized spacial score (nSPS) is 23.5. The number of amides is 4. The number of fused-ring (bicyclic) bond motifs is 3. The Bertz CT molecular complexity index is 1530. The zero-order chi connectivity index (χ0) is 30.8. The van der Waals surface area contributed by atoms with Gasteiger partial charge in [-0.25, -0.2) is 4.79 Å². The fraction of sp³-hybridized carbons (Fsp3) is 0.528. The zero-order valence-electron chi connectivity index (χ0n) is 26.2. The minimum absolute atomic E-state index is 0.0423. The molecule has 1 spiro atoms. The molecule has 3 aromatic rings. The van der Waals surface area contributed by atoms with E-state index < -0.39 is 6.04 Å². The lowest BCUT2D eigenvalue weighted by molar-refractivity contribution is -0.136. The molecule has 7 rings (SSSR count). The number of para-hydroxylation sites is 1. The molecule has 3 fully saturated rings. The number of hydrogen-bond acceptors (Lipinski definition) is 4. The average Bonchev–Trinajstić information content (AvgIpc) is 3.64. The minimum atomic E-state index is -0.681. The number of hydrogen-bond donors (Lipinski definition) is 4. The van der Waals surface area contributed by atoms with E-state index in [1.165, 1.54) is 17.5 Å². The predicted molar refractivity (Wildman–Crippen MR) is 175 cm³/mol. The van der Waals surface area contributed by atoms with Crippen molar-refractivity contribution in [3.8, 4) is 0 Å². The molecule has 3 unspecified atom stereocenters. The van der Waals surface area contributed by atoms with Crippen LogP contribution in [0.3, 0.4) is 0 Å². The van der Waals surface area contributed by atoms with Gasteiger partial charge in [0, 0.05) is 67.7 Å². The van der Waals surface area contributed by atoms with Crippen LogP contribution in [0.25, 0.3) is 10.9 Å². The summed E-state index contributed by atoms with van der Waals surface area (Å²) in [7, 11) is 0. The van der Waals surface area contributed by atoms with Crippen LogP contribution in [-0.4, -0.2) is 84.0 Å². The SMILES string of the molecule is O=C(NC1CCCNC1)NC(Cc1c[nH]c2ccccc12)C(=O)N1CCC2(CC1)CC(C(=O)N1CCCCC1)c1ccccc12. The van der Waals surface area contributed by atoms with Crippen LogP contribution in [0, 0.1) is 0 Å². The number of piperidine rings is 3. The van der Waals surface area contributed by atoms with Gasteiger partial charge in [-0.2, -0.15) is 0 Å². The van der Waals surface area contributed by atoms with Crippen molar-refractivity contribution in [2.24, 2.45) is 0 Å². The van der Waals surface area contributed by atoms with Gasteiger partial charge in [0.15, 0.2) is 0 Å². The molecule has 4 N–H and O–H groups in total. The molecule has 3 aliphatic heterocycles. The number of nitrogens with zero attached hydrogens (tertiary/aromatic N) is 2. The highest BCUT2D eigenvalue weighted by molar-refractivity contribution is 5.90. The van der Waals surface area contributed by atoms with Crippen molar-refractivity contribution in [2.45, 2.75) is 81.2 Å². The van der Waals surface area contributed by atoms with E-state index in [2.05, 4.69) is 56.2 Å². The first-order chi connectivity index (χ1) is 22.0. The maximum absolute atomic E-state index is 14.2. The number of carbonyl (C=O) groups is 3. The largest absolute Gasteiger partial charge is 0.361 e. The van der Waals surface area contributed by atoms with Gasteiger partial charge in [0.05, 0.1) is 5.92 Å². The quantitative estimate of drug-likeness (QED) is 0.336. The third-order valence-electron chi connectivity index (χ3n) is 10.8. The van der Waals surface area contributed by atoms with Crippen molar-refractivity contribution in [2.75, 3.05) is 39.3 Å². The van der Waals surface area contributed by atoms with E-state index in [1.54, 1.807) is 0 Å². The number of aromatic amines is 1. The Hall–Kier alpha value is -3.85. The molecule has 3 atom stereocenters. The van der Waals surface area contributed by atoms with E-state index in [0.717, 1.165) is 87.6 Å². The van der Waals surface area contributed by atoms with Crippen molar-refractivity contribution >= 4 is 28.7 Å². The van der Waals surface area contributed by atoms with Crippen molar-refractivity contribution < 1.29 is 14.4 Å². The first-order valence-corrected chi connectivity index (χ1v) is 17.0. The van der Waals surface area contributed by atoms with Gasteiger partial charge in [-0.05, 0) is 80.7 Å². The van der Waals surface area contributed by atoms with Gasteiger partial charge >= 0.3 is 6.03 Å². The number of urea groups is 1. The van der Waals surface area contributed by atoms with E-state index in [0.29, 0.717) is 19.5 Å². The first kappa shape index (κ1) is 29.8. The van der Waals surface area contributed by atoms with Crippen LogP contribution < -0.4 is 16.0 Å². The summed E-state index contributed by atoms with van der Waals surface area (Å²) in [6.45, 7) is 4.65. The maximum atomic E-state index is 14.2. The Morgan fingerprint density at radius 3 is 2.49 bits per heavy atom. The summed E-state index contributed by atoms with van der Waals surface area (Å²) in [6, 6.07) is 15.7. The summed E-state index contributed by atoms with van der Waals surface area (Å²) in [6.07, 6.45) is 10.2. The smallest absolute Gasteiger partial charge is 0.315 e. The molecule has 4 aliphatic rings. The van der Waals surface area contributed by atoms with Gasteiger partial charge in [-0.15, -0.1) is 0 Å². The second kappa shape index (κ2) is 12.9. The summed E-state index contributed by atoms with van der Waals surface area (Å²) in [5.74, 6) is 0.134. The van der Waals surface area contributed by atoms with Crippen molar-refractivity contribution in [3.63, 3.8) is 0 Å². The number of carbonyl (C=O) groups excluding carboxylic acids is 3. The molecule has 2 aromatic carbocycles. The molecule has 3 saturated heterocycles. The Morgan fingerprint density at radius 1 is 0.911 bits per heavy atom. The highest BCUT2D eigenvalue weighted by Gasteiger charge is 2.49. The molecule has 4 amide bonds. The molecule has 0 radical (unpaired) electrons. The van der Waals surface area contributed by atoms with Gasteiger partial charge in [0.1, 0.15) is 6.04 Å². The highest BCUT2D eigenvalue weighted by atomic mass is 16.2. The lowest BCUT2D eigenvalue weighted by Crippen LogP contribution is -2.57. The number of benzene rings is 2. The van der Waals surface area contributed by atoms with Crippen molar-refractivity contribution in [1.82, 2.24) is 30.7 Å². The highest BCUT2D eigenvalue weighted by Crippen LogP contribution is 2.52. The Balaban J connectivity index is 1.07. The summed E-state index contributed by atoms with van der Waals surface area (Å²) in [4.78, 5) is 48.5. The Morgan fingerprint density at radius 2 is 1.69 bits per heavy atom. The van der Waals surface area contributed by atoms with Crippen LogP contribution >= 0.6 is 0 Å². The maximum Gasteiger partial charge on any atom is 0.315 e. The van der Waals surface area contributed by atoms with Crippen LogP contribution in [0.2, 0.25) is 0 Å². The third kappa shape index (κ3) is 6.07. The molecule has 1 aliphatic carbocycles. The van der Waals surface area contributed by atoms with Crippen LogP contribution in [0.15, 0.2) is 54.7 Å². The predicted octanol–water partition coefficient (Wildman–Crippen LogP) is 4.19. The van der Waals surface area contributed by atoms with E-state index >= 15 is 0 Å². The fourth-order valence-electron chi connectivity index (χ4n) is 8.38. The standard InChI is InChI=1S/C36H46N6O3/c43-33(41-17-6-1-7-18-41)29-22-36(30-12-4-2-11-28(29)30)14-19-42(20-15-36)34(44)32(40-35(45)39-26-9-8-16-37-24-26)21-25-23-38-31-13-5-3-10-27(25)31/h2-5,10-13,23,26,29,32,37-38H,1,6-9,14-22,24H2,(H2,39,40,45). The number of aromatic nitrogens is 1. The van der Waals surface area contributed by atoms with Gasteiger partial charge in [-0.1, -0.05) is 42.5 Å². The van der Waals surface area contributed by atoms with E-state index in [9.17, 15) is 14.4 Å². The third-order valence-corrected chi connectivity index (χ3v) is 10.8. The fourth-order valence-corrected chi connectivity index (χ4v) is 8.38. The average molecular weight is 611 g/mol. The molecule has 0 bridgehead atoms. The molecular formula is C36H46N6O3. The molecule has 238 valence electrons. The molecule has 45 heavy (non-hydrogen) atoms. The van der Waals surface area contributed by atoms with Crippen LogP contribution in [0.1, 0.15) is 74.0 Å². The lowest BCUT2D eigenvalue weighted by atomic mass is 9.73. The second-order valence-corrected chi connectivity index (χ2v) is 13.6. The topological polar surface area (TPSA) is 110 Å². The zero-order valence-corrected chi connectivity index (χ0v) is 26.2. The number of nitrogens with one attached hydrogen (secondary N) is 4. The summed E-state index contributed by atoms with van der Waals surface area (Å²) < 4.78 is 0. The molecule has 4 heterocycles. The molecule has 0 saturated carbocycles. The van der Waals surface area contributed by atoms with E-state index in [4.69, 9.17) is 0 Å². The Kier molecular flexibility index (Phi) is 8.53. The number of likely N-dealkylation sites (tertiary alicyclic amines) is 2. The van der Waals surface area contributed by atoms with Crippen LogP contribution in [0.5, 0.6) is 0 Å². The first-order valence-electron chi connectivity index (χ1n) is 17.0. The van der Waals surface area contributed by atoms with E-state index in [-0.39, 0.29) is 35.2 Å². The summed E-state index contributed by atoms with van der Waals surface area (Å²) in [5.41, 5.74) is 4.40. The lowest BCUT2D eigenvalue weighted by Gasteiger charge is -2.41. The van der Waals surface area contributed by atoms with Gasteiger partial charge in [0.2, 0.25) is 11.8 Å². The summed E-state index contributed by atoms with van der Waals surface area (Å²) >= 11 is 0. The molecular weight excluding hydrogens is 564 g/mol.